The van der Waals surface area contributed by atoms with E-state index in [1.807, 2.05) is 0 Å². The van der Waals surface area contributed by atoms with Gasteiger partial charge < -0.3 is 24.3 Å². The molecule has 0 saturated carbocycles. The maximum atomic E-state index is 11.8. The molecule has 0 aliphatic carbocycles. The molecule has 1 amide bonds. The highest BCUT2D eigenvalue weighted by Gasteiger charge is 2.55. The summed E-state index contributed by atoms with van der Waals surface area (Å²) < 4.78 is 21.8. The first-order valence-corrected chi connectivity index (χ1v) is 8.53. The van der Waals surface area contributed by atoms with Gasteiger partial charge in [-0.3, -0.25) is 19.2 Å². The molecule has 0 aromatic carbocycles. The molecule has 1 N–H and O–H groups in total. The summed E-state index contributed by atoms with van der Waals surface area (Å²) in [6.45, 7) is 10.1. The molecule has 9 nitrogen and oxygen atoms in total. The predicted molar refractivity (Wildman–Crippen MR) is 93.4 cm³/mol. The van der Waals surface area contributed by atoms with Crippen LogP contribution in [0.5, 0.6) is 0 Å². The molecule has 9 heteroatoms. The number of esters is 3. The summed E-state index contributed by atoms with van der Waals surface area (Å²) in [4.78, 5) is 46.3. The van der Waals surface area contributed by atoms with E-state index in [1.165, 1.54) is 27.7 Å². The number of nitrogens with one attached hydrogen (secondary N) is 1. The molecule has 1 saturated heterocycles. The van der Waals surface area contributed by atoms with Crippen molar-refractivity contribution >= 4 is 23.8 Å². The van der Waals surface area contributed by atoms with Gasteiger partial charge in [0.25, 0.3) is 0 Å². The molecule has 0 aromatic heterocycles. The van der Waals surface area contributed by atoms with Crippen molar-refractivity contribution in [3.8, 4) is 0 Å². The molecule has 1 rings (SSSR count). The van der Waals surface area contributed by atoms with Gasteiger partial charge in [0.15, 0.2) is 12.2 Å². The average molecular weight is 385 g/mol. The summed E-state index contributed by atoms with van der Waals surface area (Å²) in [5.41, 5.74) is -1.05. The Balaban J connectivity index is 3.38. The first-order valence-electron chi connectivity index (χ1n) is 8.53. The van der Waals surface area contributed by atoms with Gasteiger partial charge in [-0.15, -0.1) is 6.58 Å². The number of amides is 1. The number of rotatable bonds is 7. The molecule has 1 aliphatic rings. The summed E-state index contributed by atoms with van der Waals surface area (Å²) in [7, 11) is 0. The second kappa shape index (κ2) is 9.50. The van der Waals surface area contributed by atoms with Crippen LogP contribution in [0.25, 0.3) is 0 Å². The molecule has 1 fully saturated rings. The average Bonchev–Trinajstić information content (AvgIpc) is 2.51. The van der Waals surface area contributed by atoms with E-state index < -0.39 is 47.9 Å². The molecule has 0 bridgehead atoms. The molecule has 1 heterocycles. The Kier molecular flexibility index (Phi) is 7.96. The van der Waals surface area contributed by atoms with Crippen molar-refractivity contribution in [2.45, 2.75) is 71.0 Å². The fourth-order valence-corrected chi connectivity index (χ4v) is 3.14. The van der Waals surface area contributed by atoms with Crippen molar-refractivity contribution in [1.82, 2.24) is 5.32 Å². The van der Waals surface area contributed by atoms with Crippen LogP contribution in [-0.2, 0) is 38.1 Å². The molecule has 0 radical (unpaired) electrons. The molecule has 0 spiro atoms. The fraction of sp³-hybridized carbons (Fsp3) is 0.667. The molecule has 27 heavy (non-hydrogen) atoms. The Morgan fingerprint density at radius 1 is 1.04 bits per heavy atom. The Labute approximate surface area is 158 Å². The van der Waals surface area contributed by atoms with Crippen molar-refractivity contribution in [2.24, 2.45) is 0 Å². The number of hydrogen-bond donors (Lipinski definition) is 1. The van der Waals surface area contributed by atoms with Crippen molar-refractivity contribution in [2.75, 3.05) is 6.61 Å². The minimum Gasteiger partial charge on any atom is -0.463 e. The highest BCUT2D eigenvalue weighted by atomic mass is 16.6. The van der Waals surface area contributed by atoms with E-state index in [-0.39, 0.29) is 12.5 Å². The number of carbonyl (C=O) groups excluding carboxylic acids is 4. The van der Waals surface area contributed by atoms with Gasteiger partial charge in [0.1, 0.15) is 12.7 Å². The van der Waals surface area contributed by atoms with Gasteiger partial charge in [0, 0.05) is 27.7 Å². The van der Waals surface area contributed by atoms with Crippen LogP contribution < -0.4 is 5.32 Å². The third-order valence-electron chi connectivity index (χ3n) is 4.06. The monoisotopic (exact) mass is 385 g/mol. The van der Waals surface area contributed by atoms with Gasteiger partial charge in [0.2, 0.25) is 5.91 Å². The van der Waals surface area contributed by atoms with Crippen molar-refractivity contribution < 1.29 is 38.1 Å². The van der Waals surface area contributed by atoms with Gasteiger partial charge >= 0.3 is 17.9 Å². The summed E-state index contributed by atoms with van der Waals surface area (Å²) in [6, 6.07) is -0.824. The molecule has 0 aromatic rings. The summed E-state index contributed by atoms with van der Waals surface area (Å²) >= 11 is 0. The number of hydrogen-bond acceptors (Lipinski definition) is 8. The van der Waals surface area contributed by atoms with Crippen LogP contribution in [0.4, 0.5) is 0 Å². The molecule has 5 atom stereocenters. The van der Waals surface area contributed by atoms with E-state index in [0.717, 1.165) is 0 Å². The zero-order valence-electron chi connectivity index (χ0n) is 16.3. The molecule has 0 unspecified atom stereocenters. The van der Waals surface area contributed by atoms with Crippen LogP contribution in [0.3, 0.4) is 0 Å². The van der Waals surface area contributed by atoms with Crippen LogP contribution in [0, 0.1) is 0 Å². The maximum Gasteiger partial charge on any atom is 0.303 e. The lowest BCUT2D eigenvalue weighted by molar-refractivity contribution is -0.248. The zero-order valence-corrected chi connectivity index (χ0v) is 16.3. The normalized spacial score (nSPS) is 30.0. The highest BCUT2D eigenvalue weighted by Crippen LogP contribution is 2.36. The van der Waals surface area contributed by atoms with E-state index in [0.29, 0.717) is 6.42 Å². The lowest BCUT2D eigenvalue weighted by atomic mass is 9.81. The van der Waals surface area contributed by atoms with Crippen molar-refractivity contribution in [1.29, 1.82) is 0 Å². The Hall–Kier alpha value is -2.42. The van der Waals surface area contributed by atoms with E-state index >= 15 is 0 Å². The van der Waals surface area contributed by atoms with Gasteiger partial charge in [-0.1, -0.05) is 6.08 Å². The minimum atomic E-state index is -1.08. The SMILES string of the molecule is C=CC[C@@]1(C)O[C@H](COC(C)=O)[C@@H](OC(C)=O)[C@H](OC(C)=O)[C@@H]1NC(C)=O. The molecular weight excluding hydrogens is 358 g/mol. The zero-order chi connectivity index (χ0) is 20.8. The fourth-order valence-electron chi connectivity index (χ4n) is 3.14. The quantitative estimate of drug-likeness (QED) is 0.386. The second-order valence-electron chi connectivity index (χ2n) is 6.59. The molecule has 1 aliphatic heterocycles. The third-order valence-corrected chi connectivity index (χ3v) is 4.06. The van der Waals surface area contributed by atoms with Gasteiger partial charge in [-0.2, -0.15) is 0 Å². The van der Waals surface area contributed by atoms with Crippen LogP contribution in [0.15, 0.2) is 12.7 Å². The second-order valence-corrected chi connectivity index (χ2v) is 6.59. The van der Waals surface area contributed by atoms with E-state index in [4.69, 9.17) is 18.9 Å². The Bertz CT molecular complexity index is 604. The van der Waals surface area contributed by atoms with Crippen LogP contribution in [0.2, 0.25) is 0 Å². The third kappa shape index (κ3) is 6.35. The topological polar surface area (TPSA) is 117 Å². The number of carbonyl (C=O) groups is 4. The molecule has 152 valence electrons. The lowest BCUT2D eigenvalue weighted by Crippen LogP contribution is -2.70. The molecular formula is C18H27NO8. The summed E-state index contributed by atoms with van der Waals surface area (Å²) in [5, 5.41) is 2.71. The smallest absolute Gasteiger partial charge is 0.303 e. The van der Waals surface area contributed by atoms with Crippen LogP contribution in [0.1, 0.15) is 41.0 Å². The van der Waals surface area contributed by atoms with E-state index in [1.54, 1.807) is 13.0 Å². The van der Waals surface area contributed by atoms with Gasteiger partial charge in [-0.25, -0.2) is 0 Å². The largest absolute Gasteiger partial charge is 0.463 e. The lowest BCUT2D eigenvalue weighted by Gasteiger charge is -2.50. The maximum absolute atomic E-state index is 11.8. The van der Waals surface area contributed by atoms with Crippen molar-refractivity contribution in [3.63, 3.8) is 0 Å². The first-order chi connectivity index (χ1) is 12.5. The van der Waals surface area contributed by atoms with Crippen LogP contribution >= 0.6 is 0 Å². The van der Waals surface area contributed by atoms with Gasteiger partial charge in [-0.05, 0) is 13.3 Å². The van der Waals surface area contributed by atoms with E-state index in [9.17, 15) is 19.2 Å². The minimum absolute atomic E-state index is 0.218. The summed E-state index contributed by atoms with van der Waals surface area (Å²) in [6.07, 6.45) is -1.15. The first kappa shape index (κ1) is 22.6. The van der Waals surface area contributed by atoms with Crippen molar-refractivity contribution in [3.05, 3.63) is 12.7 Å². The Morgan fingerprint density at radius 3 is 2.04 bits per heavy atom. The van der Waals surface area contributed by atoms with E-state index in [2.05, 4.69) is 11.9 Å². The Morgan fingerprint density at radius 2 is 1.59 bits per heavy atom. The van der Waals surface area contributed by atoms with Crippen LogP contribution in [-0.4, -0.2) is 60.4 Å². The highest BCUT2D eigenvalue weighted by molar-refractivity contribution is 5.74. The summed E-state index contributed by atoms with van der Waals surface area (Å²) in [5.74, 6) is -2.18. The standard InChI is InChI=1S/C18H27NO8/c1-7-8-18(6)17(19-10(2)20)16(26-13(5)23)15(25-12(4)22)14(27-18)9-24-11(3)21/h7,14-17H,1,8-9H2,2-6H3,(H,19,20)/t14-,15-,16+,17+,18-/m1/s1. The number of ether oxygens (including phenoxy) is 4. The van der Waals surface area contributed by atoms with Gasteiger partial charge in [0.05, 0.1) is 11.6 Å². The predicted octanol–water partition coefficient (Wildman–Crippen LogP) is 0.651.